The average molecular weight is 286 g/mol. The number of rotatable bonds is 5. The van der Waals surface area contributed by atoms with E-state index in [9.17, 15) is 13.6 Å². The van der Waals surface area contributed by atoms with Crippen molar-refractivity contribution in [3.05, 3.63) is 29.8 Å². The van der Waals surface area contributed by atoms with Gasteiger partial charge in [-0.05, 0) is 42.5 Å². The Labute approximate surface area is 115 Å². The van der Waals surface area contributed by atoms with Crippen molar-refractivity contribution in [1.29, 1.82) is 0 Å². The molecule has 0 saturated carbocycles. The molecule has 0 bridgehead atoms. The number of carbonyl (C=O) groups excluding carboxylic acids is 1. The number of hydrogen-bond acceptors (Lipinski definition) is 3. The molecule has 0 spiro atoms. The van der Waals surface area contributed by atoms with Crippen LogP contribution < -0.4 is 10.6 Å². The van der Waals surface area contributed by atoms with E-state index in [1.807, 2.05) is 11.8 Å². The molecular formula is C13H16F2N2OS. The van der Waals surface area contributed by atoms with Gasteiger partial charge in [-0.25, -0.2) is 8.78 Å². The fourth-order valence-corrected chi connectivity index (χ4v) is 3.22. The van der Waals surface area contributed by atoms with Gasteiger partial charge in [0.15, 0.2) is 0 Å². The summed E-state index contributed by atoms with van der Waals surface area (Å²) in [4.78, 5) is 11.6. The van der Waals surface area contributed by atoms with Crippen molar-refractivity contribution >= 4 is 23.4 Å². The zero-order chi connectivity index (χ0) is 13.7. The van der Waals surface area contributed by atoms with E-state index in [0.717, 1.165) is 30.9 Å². The lowest BCUT2D eigenvalue weighted by Gasteiger charge is -2.11. The van der Waals surface area contributed by atoms with Gasteiger partial charge in [0.05, 0.1) is 6.54 Å². The molecule has 1 unspecified atom stereocenters. The van der Waals surface area contributed by atoms with Crippen LogP contribution in [0.1, 0.15) is 6.42 Å². The molecule has 1 amide bonds. The van der Waals surface area contributed by atoms with Gasteiger partial charge in [0, 0.05) is 0 Å². The van der Waals surface area contributed by atoms with E-state index in [-0.39, 0.29) is 12.2 Å². The largest absolute Gasteiger partial charge is 0.320 e. The lowest BCUT2D eigenvalue weighted by Crippen LogP contribution is -2.32. The van der Waals surface area contributed by atoms with E-state index in [4.69, 9.17) is 0 Å². The maximum absolute atomic E-state index is 13.3. The number of anilines is 1. The van der Waals surface area contributed by atoms with Gasteiger partial charge in [0.2, 0.25) is 5.91 Å². The molecule has 1 aromatic rings. The quantitative estimate of drug-likeness (QED) is 0.872. The van der Waals surface area contributed by atoms with Gasteiger partial charge in [-0.1, -0.05) is 6.07 Å². The molecule has 0 radical (unpaired) electrons. The van der Waals surface area contributed by atoms with E-state index in [1.165, 1.54) is 11.8 Å². The van der Waals surface area contributed by atoms with E-state index < -0.39 is 17.5 Å². The number of thioether (sulfide) groups is 1. The van der Waals surface area contributed by atoms with Crippen molar-refractivity contribution in [2.45, 2.75) is 6.42 Å². The summed E-state index contributed by atoms with van der Waals surface area (Å²) in [6, 6.07) is 3.49. The highest BCUT2D eigenvalue weighted by molar-refractivity contribution is 7.99. The number of benzene rings is 1. The molecular weight excluding hydrogens is 270 g/mol. The highest BCUT2D eigenvalue weighted by Gasteiger charge is 2.16. The minimum Gasteiger partial charge on any atom is -0.320 e. The topological polar surface area (TPSA) is 41.1 Å². The van der Waals surface area contributed by atoms with Crippen LogP contribution >= 0.6 is 11.8 Å². The molecule has 1 fully saturated rings. The molecule has 1 heterocycles. The standard InChI is InChI=1S/C13H16F2N2OS/c14-10-2-1-3-11(15)13(10)17-12(18)7-16-6-9-4-5-19-8-9/h1-3,9,16H,4-8H2,(H,17,18). The average Bonchev–Trinajstić information content (AvgIpc) is 2.87. The van der Waals surface area contributed by atoms with E-state index in [1.54, 1.807) is 0 Å². The van der Waals surface area contributed by atoms with Crippen LogP contribution in [-0.2, 0) is 4.79 Å². The Morgan fingerprint density at radius 1 is 1.37 bits per heavy atom. The fraction of sp³-hybridized carbons (Fsp3) is 0.462. The lowest BCUT2D eigenvalue weighted by atomic mass is 10.1. The first kappa shape index (κ1) is 14.3. The molecule has 3 nitrogen and oxygen atoms in total. The van der Waals surface area contributed by atoms with Crippen LogP contribution in [-0.4, -0.2) is 30.5 Å². The van der Waals surface area contributed by atoms with Gasteiger partial charge in [-0.3, -0.25) is 4.79 Å². The second kappa shape index (κ2) is 6.86. The summed E-state index contributed by atoms with van der Waals surface area (Å²) in [6.45, 7) is 0.828. The third kappa shape index (κ3) is 4.18. The molecule has 104 valence electrons. The Balaban J connectivity index is 1.77. The first-order chi connectivity index (χ1) is 9.16. The van der Waals surface area contributed by atoms with E-state index in [2.05, 4.69) is 10.6 Å². The number of nitrogens with one attached hydrogen (secondary N) is 2. The number of carbonyl (C=O) groups is 1. The maximum atomic E-state index is 13.3. The molecule has 1 aliphatic rings. The molecule has 19 heavy (non-hydrogen) atoms. The summed E-state index contributed by atoms with van der Waals surface area (Å²) in [7, 11) is 0. The summed E-state index contributed by atoms with van der Waals surface area (Å²) in [5.41, 5.74) is -0.384. The van der Waals surface area contributed by atoms with Gasteiger partial charge >= 0.3 is 0 Å². The highest BCUT2D eigenvalue weighted by atomic mass is 32.2. The van der Waals surface area contributed by atoms with Crippen LogP contribution in [0.3, 0.4) is 0 Å². The van der Waals surface area contributed by atoms with Crippen molar-refractivity contribution in [2.75, 3.05) is 29.9 Å². The van der Waals surface area contributed by atoms with Gasteiger partial charge < -0.3 is 10.6 Å². The number of hydrogen-bond donors (Lipinski definition) is 2. The Morgan fingerprint density at radius 2 is 2.11 bits per heavy atom. The third-order valence-corrected chi connectivity index (χ3v) is 4.20. The maximum Gasteiger partial charge on any atom is 0.238 e. The van der Waals surface area contributed by atoms with Crippen LogP contribution in [0.5, 0.6) is 0 Å². The van der Waals surface area contributed by atoms with Crippen molar-refractivity contribution < 1.29 is 13.6 Å². The molecule has 0 aliphatic carbocycles. The Kier molecular flexibility index (Phi) is 5.15. The molecule has 1 aliphatic heterocycles. The molecule has 2 N–H and O–H groups in total. The normalized spacial score (nSPS) is 18.5. The SMILES string of the molecule is O=C(CNCC1CCSC1)Nc1c(F)cccc1F. The predicted molar refractivity (Wildman–Crippen MR) is 73.3 cm³/mol. The van der Waals surface area contributed by atoms with Crippen LogP contribution in [0, 0.1) is 17.6 Å². The highest BCUT2D eigenvalue weighted by Crippen LogP contribution is 2.22. The van der Waals surface area contributed by atoms with Crippen molar-refractivity contribution in [3.8, 4) is 0 Å². The molecule has 6 heteroatoms. The molecule has 2 rings (SSSR count). The summed E-state index contributed by atoms with van der Waals surface area (Å²) in [6.07, 6.45) is 1.15. The number of para-hydroxylation sites is 1. The van der Waals surface area contributed by atoms with E-state index >= 15 is 0 Å². The van der Waals surface area contributed by atoms with Gasteiger partial charge in [0.1, 0.15) is 17.3 Å². The molecule has 0 aromatic heterocycles. The van der Waals surface area contributed by atoms with Crippen molar-refractivity contribution in [1.82, 2.24) is 5.32 Å². The number of amides is 1. The fourth-order valence-electron chi connectivity index (χ4n) is 1.93. The van der Waals surface area contributed by atoms with Crippen LogP contribution in [0.4, 0.5) is 14.5 Å². The van der Waals surface area contributed by atoms with E-state index in [0.29, 0.717) is 5.92 Å². The zero-order valence-electron chi connectivity index (χ0n) is 10.4. The third-order valence-electron chi connectivity index (χ3n) is 2.97. The monoisotopic (exact) mass is 286 g/mol. The smallest absolute Gasteiger partial charge is 0.238 e. The Bertz CT molecular complexity index is 430. The second-order valence-electron chi connectivity index (χ2n) is 4.51. The van der Waals surface area contributed by atoms with Gasteiger partial charge in [0.25, 0.3) is 0 Å². The molecule has 1 atom stereocenters. The lowest BCUT2D eigenvalue weighted by molar-refractivity contribution is -0.115. The molecule has 1 saturated heterocycles. The van der Waals surface area contributed by atoms with Crippen LogP contribution in [0.2, 0.25) is 0 Å². The Hall–Kier alpha value is -1.14. The minimum atomic E-state index is -0.763. The van der Waals surface area contributed by atoms with Crippen LogP contribution in [0.25, 0.3) is 0 Å². The van der Waals surface area contributed by atoms with Crippen molar-refractivity contribution in [2.24, 2.45) is 5.92 Å². The first-order valence-corrected chi connectivity index (χ1v) is 7.34. The second-order valence-corrected chi connectivity index (χ2v) is 5.66. The number of halogens is 2. The van der Waals surface area contributed by atoms with Crippen LogP contribution in [0.15, 0.2) is 18.2 Å². The first-order valence-electron chi connectivity index (χ1n) is 6.19. The minimum absolute atomic E-state index is 0.0644. The van der Waals surface area contributed by atoms with Gasteiger partial charge in [-0.15, -0.1) is 0 Å². The molecule has 1 aromatic carbocycles. The summed E-state index contributed by atoms with van der Waals surface area (Å²) < 4.78 is 26.6. The summed E-state index contributed by atoms with van der Waals surface area (Å²) in [5, 5.41) is 5.26. The summed E-state index contributed by atoms with van der Waals surface area (Å²) in [5.74, 6) is 0.897. The van der Waals surface area contributed by atoms with Crippen molar-refractivity contribution in [3.63, 3.8) is 0 Å². The summed E-state index contributed by atoms with van der Waals surface area (Å²) >= 11 is 1.91. The zero-order valence-corrected chi connectivity index (χ0v) is 11.2. The van der Waals surface area contributed by atoms with Gasteiger partial charge in [-0.2, -0.15) is 11.8 Å². The predicted octanol–water partition coefficient (Wildman–Crippen LogP) is 2.25. The Morgan fingerprint density at radius 3 is 2.74 bits per heavy atom.